The third-order valence-corrected chi connectivity index (χ3v) is 7.04. The van der Waals surface area contributed by atoms with Gasteiger partial charge in [-0.25, -0.2) is 4.68 Å². The zero-order valence-corrected chi connectivity index (χ0v) is 23.4. The first kappa shape index (κ1) is 27.4. The summed E-state index contributed by atoms with van der Waals surface area (Å²) in [5, 5.41) is 8.79. The summed E-state index contributed by atoms with van der Waals surface area (Å²) in [7, 11) is 2.15. The zero-order valence-electron chi connectivity index (χ0n) is 23.4. The van der Waals surface area contributed by atoms with Gasteiger partial charge in [0.1, 0.15) is 5.69 Å². The van der Waals surface area contributed by atoms with Crippen molar-refractivity contribution in [3.63, 3.8) is 0 Å². The summed E-state index contributed by atoms with van der Waals surface area (Å²) < 4.78 is 1.90. The Kier molecular flexibility index (Phi) is 9.40. The Morgan fingerprint density at radius 3 is 1.98 bits per heavy atom. The monoisotopic (exact) mass is 531 g/mol. The van der Waals surface area contributed by atoms with Gasteiger partial charge in [0.2, 0.25) is 0 Å². The van der Waals surface area contributed by atoms with E-state index in [0.717, 1.165) is 61.8 Å². The SMILES string of the molecule is CCc1ccc(Cn2cc(-c3ccc(CN(CCN(C)Cc4ccccn4)Cc4ccccn4)cc3)nn2)cc1. The van der Waals surface area contributed by atoms with E-state index in [-0.39, 0.29) is 0 Å². The molecule has 0 aliphatic carbocycles. The van der Waals surface area contributed by atoms with Gasteiger partial charge in [0.05, 0.1) is 24.1 Å². The van der Waals surface area contributed by atoms with Crippen molar-refractivity contribution in [2.45, 2.75) is 39.5 Å². The summed E-state index contributed by atoms with van der Waals surface area (Å²) >= 11 is 0. The van der Waals surface area contributed by atoms with Crippen molar-refractivity contribution in [2.75, 3.05) is 20.1 Å². The molecule has 0 saturated heterocycles. The van der Waals surface area contributed by atoms with Crippen LogP contribution in [0.4, 0.5) is 0 Å². The van der Waals surface area contributed by atoms with E-state index in [2.05, 4.69) is 111 Å². The van der Waals surface area contributed by atoms with Crippen molar-refractivity contribution >= 4 is 0 Å². The number of pyridine rings is 2. The highest BCUT2D eigenvalue weighted by Crippen LogP contribution is 2.19. The van der Waals surface area contributed by atoms with E-state index in [1.54, 1.807) is 0 Å². The summed E-state index contributed by atoms with van der Waals surface area (Å²) in [6.07, 6.45) is 6.79. The molecule has 0 aliphatic rings. The molecule has 204 valence electrons. The summed E-state index contributed by atoms with van der Waals surface area (Å²) in [6.45, 7) is 7.22. The number of aromatic nitrogens is 5. The number of hydrogen-bond acceptors (Lipinski definition) is 6. The van der Waals surface area contributed by atoms with E-state index >= 15 is 0 Å². The molecule has 40 heavy (non-hydrogen) atoms. The Balaban J connectivity index is 1.21. The highest BCUT2D eigenvalue weighted by atomic mass is 15.4. The maximum Gasteiger partial charge on any atom is 0.113 e. The van der Waals surface area contributed by atoms with Gasteiger partial charge in [0, 0.05) is 50.7 Å². The predicted molar refractivity (Wildman–Crippen MR) is 159 cm³/mol. The van der Waals surface area contributed by atoms with E-state index in [9.17, 15) is 0 Å². The summed E-state index contributed by atoms with van der Waals surface area (Å²) in [4.78, 5) is 13.8. The predicted octanol–water partition coefficient (Wildman–Crippen LogP) is 5.48. The molecule has 0 N–H and O–H groups in total. The lowest BCUT2D eigenvalue weighted by molar-refractivity contribution is 0.206. The van der Waals surface area contributed by atoms with E-state index in [4.69, 9.17) is 0 Å². The minimum atomic E-state index is 0.715. The number of benzene rings is 2. The largest absolute Gasteiger partial charge is 0.299 e. The molecule has 0 spiro atoms. The van der Waals surface area contributed by atoms with Crippen molar-refractivity contribution in [1.29, 1.82) is 0 Å². The number of hydrogen-bond donors (Lipinski definition) is 0. The highest BCUT2D eigenvalue weighted by molar-refractivity contribution is 5.58. The first-order valence-electron chi connectivity index (χ1n) is 13.9. The van der Waals surface area contributed by atoms with Crippen molar-refractivity contribution in [3.05, 3.63) is 132 Å². The van der Waals surface area contributed by atoms with Gasteiger partial charge in [-0.2, -0.15) is 0 Å². The molecule has 7 heteroatoms. The van der Waals surface area contributed by atoms with Gasteiger partial charge in [-0.1, -0.05) is 72.8 Å². The highest BCUT2D eigenvalue weighted by Gasteiger charge is 2.11. The quantitative estimate of drug-likeness (QED) is 0.201. The zero-order chi connectivity index (χ0) is 27.6. The summed E-state index contributed by atoms with van der Waals surface area (Å²) in [5.41, 5.74) is 7.95. The second-order valence-corrected chi connectivity index (χ2v) is 10.3. The van der Waals surface area contributed by atoms with Crippen LogP contribution >= 0.6 is 0 Å². The van der Waals surface area contributed by atoms with Gasteiger partial charge in [0.15, 0.2) is 0 Å². The fourth-order valence-corrected chi connectivity index (χ4v) is 4.71. The molecule has 0 bridgehead atoms. The number of aryl methyl sites for hydroxylation is 1. The lowest BCUT2D eigenvalue weighted by Gasteiger charge is -2.25. The lowest BCUT2D eigenvalue weighted by Crippen LogP contribution is -2.33. The second kappa shape index (κ2) is 13.7. The smallest absolute Gasteiger partial charge is 0.113 e. The standard InChI is InChI=1S/C33H37N7/c1-3-27-10-12-29(13-11-27)23-40-26-33(36-37-40)30-16-14-28(15-17-30)22-39(25-32-9-5-7-19-35-32)21-20-38(2)24-31-8-4-6-18-34-31/h4-19,26H,3,20-25H2,1-2H3. The molecule has 3 heterocycles. The molecular formula is C33H37N7. The van der Waals surface area contributed by atoms with Crippen LogP contribution in [0.1, 0.15) is 35.0 Å². The van der Waals surface area contributed by atoms with Crippen LogP contribution in [0.15, 0.2) is 104 Å². The van der Waals surface area contributed by atoms with Gasteiger partial charge in [-0.15, -0.1) is 5.10 Å². The lowest BCUT2D eigenvalue weighted by atomic mass is 10.1. The molecule has 5 rings (SSSR count). The van der Waals surface area contributed by atoms with Crippen LogP contribution in [0.25, 0.3) is 11.3 Å². The Labute approximate surface area is 237 Å². The molecule has 5 aromatic rings. The Morgan fingerprint density at radius 1 is 0.675 bits per heavy atom. The molecule has 7 nitrogen and oxygen atoms in total. The molecular weight excluding hydrogens is 494 g/mol. The van der Waals surface area contributed by atoms with E-state index < -0.39 is 0 Å². The molecule has 0 fully saturated rings. The summed E-state index contributed by atoms with van der Waals surface area (Å²) in [6, 6.07) is 29.6. The second-order valence-electron chi connectivity index (χ2n) is 10.3. The maximum absolute atomic E-state index is 4.57. The fraction of sp³-hybridized carbons (Fsp3) is 0.273. The van der Waals surface area contributed by atoms with Crippen LogP contribution in [0.3, 0.4) is 0 Å². The first-order chi connectivity index (χ1) is 19.6. The molecule has 0 unspecified atom stereocenters. The van der Waals surface area contributed by atoms with Gasteiger partial charge in [0.25, 0.3) is 0 Å². The van der Waals surface area contributed by atoms with Gasteiger partial charge in [-0.3, -0.25) is 19.8 Å². The molecule has 0 amide bonds. The first-order valence-corrected chi connectivity index (χ1v) is 13.9. The van der Waals surface area contributed by atoms with Crippen LogP contribution < -0.4 is 0 Å². The number of nitrogens with zero attached hydrogens (tertiary/aromatic N) is 7. The van der Waals surface area contributed by atoms with Crippen LogP contribution in [0.2, 0.25) is 0 Å². The van der Waals surface area contributed by atoms with E-state index in [0.29, 0.717) is 6.54 Å². The topological polar surface area (TPSA) is 63.0 Å². The average Bonchev–Trinajstić information content (AvgIpc) is 3.46. The Hall–Kier alpha value is -4.20. The van der Waals surface area contributed by atoms with Crippen LogP contribution in [-0.2, 0) is 32.6 Å². The van der Waals surface area contributed by atoms with Gasteiger partial charge in [-0.05, 0) is 54.4 Å². The Morgan fingerprint density at radius 2 is 1.32 bits per heavy atom. The molecule has 0 saturated carbocycles. The third kappa shape index (κ3) is 7.91. The summed E-state index contributed by atoms with van der Waals surface area (Å²) in [5.74, 6) is 0. The minimum absolute atomic E-state index is 0.715. The Bertz CT molecular complexity index is 1430. The molecule has 0 radical (unpaired) electrons. The normalized spacial score (nSPS) is 11.4. The van der Waals surface area contributed by atoms with Crippen molar-refractivity contribution in [2.24, 2.45) is 0 Å². The van der Waals surface area contributed by atoms with Gasteiger partial charge >= 0.3 is 0 Å². The van der Waals surface area contributed by atoms with E-state index in [1.165, 1.54) is 16.7 Å². The fourth-order valence-electron chi connectivity index (χ4n) is 4.71. The van der Waals surface area contributed by atoms with E-state index in [1.807, 2.05) is 41.5 Å². The van der Waals surface area contributed by atoms with Crippen LogP contribution in [0, 0.1) is 0 Å². The molecule has 2 aromatic carbocycles. The van der Waals surface area contributed by atoms with Crippen LogP contribution in [0.5, 0.6) is 0 Å². The van der Waals surface area contributed by atoms with Crippen molar-refractivity contribution < 1.29 is 0 Å². The number of rotatable bonds is 13. The maximum atomic E-state index is 4.57. The number of likely N-dealkylation sites (N-methyl/N-ethyl adjacent to an activating group) is 1. The molecule has 0 aliphatic heterocycles. The molecule has 0 atom stereocenters. The average molecular weight is 532 g/mol. The third-order valence-electron chi connectivity index (χ3n) is 7.04. The van der Waals surface area contributed by atoms with Gasteiger partial charge < -0.3 is 0 Å². The van der Waals surface area contributed by atoms with Crippen LogP contribution in [-0.4, -0.2) is 54.9 Å². The van der Waals surface area contributed by atoms with Crippen molar-refractivity contribution in [1.82, 2.24) is 34.8 Å². The minimum Gasteiger partial charge on any atom is -0.299 e. The van der Waals surface area contributed by atoms with Crippen molar-refractivity contribution in [3.8, 4) is 11.3 Å². The molecule has 3 aromatic heterocycles.